The van der Waals surface area contributed by atoms with E-state index in [1.165, 1.54) is 5.69 Å². The van der Waals surface area contributed by atoms with Crippen LogP contribution in [0.3, 0.4) is 0 Å². The summed E-state index contributed by atoms with van der Waals surface area (Å²) in [6.45, 7) is 3.99. The molecule has 0 bridgehead atoms. The Bertz CT molecular complexity index is 1660. The van der Waals surface area contributed by atoms with Crippen molar-refractivity contribution in [1.29, 1.82) is 0 Å². The molecular weight excluding hydrogens is 570 g/mol. The summed E-state index contributed by atoms with van der Waals surface area (Å²) in [5.41, 5.74) is 5.69. The maximum Gasteiger partial charge on any atom is 0.345 e. The summed E-state index contributed by atoms with van der Waals surface area (Å²) in [6, 6.07) is 20.1. The summed E-state index contributed by atoms with van der Waals surface area (Å²) < 4.78 is 79.5. The number of benzene rings is 3. The van der Waals surface area contributed by atoms with Crippen LogP contribution in [0.5, 0.6) is 5.75 Å². The third kappa shape index (κ3) is 9.27. The maximum atomic E-state index is 13.5. The molecule has 1 heterocycles. The van der Waals surface area contributed by atoms with Gasteiger partial charge in [-0.25, -0.2) is 21.6 Å². The Morgan fingerprint density at radius 1 is 0.800 bits per heavy atom. The van der Waals surface area contributed by atoms with E-state index in [9.17, 15) is 12.6 Å². The molecule has 3 aromatic carbocycles. The number of ether oxygens (including phenoxy) is 1. The van der Waals surface area contributed by atoms with Gasteiger partial charge in [0.2, 0.25) is 11.0 Å². The van der Waals surface area contributed by atoms with Crippen LogP contribution < -0.4 is 13.8 Å². The fourth-order valence-corrected chi connectivity index (χ4v) is 4.07. The number of aryl methyl sites for hydroxylation is 3. The fourth-order valence-electron chi connectivity index (χ4n) is 4.07. The average Bonchev–Trinajstić information content (AvgIpc) is 2.79. The number of quaternary nitrogens is 1. The minimum absolute atomic E-state index is 0.327. The Morgan fingerprint density at radius 3 is 1.50 bits per heavy atom. The van der Waals surface area contributed by atoms with E-state index in [0.29, 0.717) is 15.8 Å². The molecule has 40 heavy (non-hydrogen) atoms. The summed E-state index contributed by atoms with van der Waals surface area (Å²) in [6.07, 6.45) is 0. The van der Waals surface area contributed by atoms with Gasteiger partial charge in [-0.2, -0.15) is 4.57 Å². The van der Waals surface area contributed by atoms with Crippen molar-refractivity contribution in [2.24, 2.45) is 7.05 Å². The summed E-state index contributed by atoms with van der Waals surface area (Å²) in [5.74, 6) is 0.311. The molecule has 0 amide bonds. The number of aromatic nitrogens is 1. The standard InChI is InChI=1S/C26H28N2O2.2FHO3S/c1-17-15-19(28(4,5)6)16-18(2)25(17)30-26(29)24-20-11-7-9-13-22(20)27(3)23-14-10-8-12-21(23)24;2*1-5(2,3)4/h7-16H,1-6H3;2*(H,2,3,4)/q+2;;/p-2. The first-order valence-corrected chi connectivity index (χ1v) is 14.1. The van der Waals surface area contributed by atoms with Crippen molar-refractivity contribution < 1.29 is 47.8 Å². The highest BCUT2D eigenvalue weighted by molar-refractivity contribution is 7.80. The van der Waals surface area contributed by atoms with Gasteiger partial charge in [-0.05, 0) is 37.1 Å². The van der Waals surface area contributed by atoms with Gasteiger partial charge in [0.1, 0.15) is 18.5 Å². The normalized spacial score (nSPS) is 11.8. The fraction of sp³-hybridized carbons (Fsp3) is 0.231. The Morgan fingerprint density at radius 2 is 1.15 bits per heavy atom. The predicted octanol–water partition coefficient (Wildman–Crippen LogP) is 3.68. The van der Waals surface area contributed by atoms with Crippen LogP contribution in [0.4, 0.5) is 13.5 Å². The van der Waals surface area contributed by atoms with Crippen molar-refractivity contribution in [1.82, 2.24) is 4.48 Å². The largest absolute Gasteiger partial charge is 0.722 e. The minimum Gasteiger partial charge on any atom is -0.722 e. The average molecular weight is 599 g/mol. The second kappa shape index (κ2) is 12.3. The molecule has 1 aromatic heterocycles. The first-order chi connectivity index (χ1) is 18.2. The van der Waals surface area contributed by atoms with E-state index in [0.717, 1.165) is 32.9 Å². The quantitative estimate of drug-likeness (QED) is 0.0661. The Kier molecular flexibility index (Phi) is 10.0. The summed E-state index contributed by atoms with van der Waals surface area (Å²) >= 11 is 0. The molecule has 216 valence electrons. The minimum atomic E-state index is -5.42. The number of para-hydroxylation sites is 2. The summed E-state index contributed by atoms with van der Waals surface area (Å²) in [4.78, 5) is 13.5. The zero-order valence-electron chi connectivity index (χ0n) is 22.5. The van der Waals surface area contributed by atoms with Crippen LogP contribution in [0.1, 0.15) is 21.5 Å². The number of hydrogen-bond acceptors (Lipinski definition) is 8. The summed E-state index contributed by atoms with van der Waals surface area (Å²) in [7, 11) is -2.43. The molecule has 0 fully saturated rings. The Balaban J connectivity index is 0.000000482. The zero-order chi connectivity index (χ0) is 30.6. The smallest absolute Gasteiger partial charge is 0.345 e. The van der Waals surface area contributed by atoms with Crippen molar-refractivity contribution in [2.45, 2.75) is 13.8 Å². The van der Waals surface area contributed by atoms with Gasteiger partial charge in [0.25, 0.3) is 21.0 Å². The highest BCUT2D eigenvalue weighted by Gasteiger charge is 2.25. The van der Waals surface area contributed by atoms with Gasteiger partial charge in [0.15, 0.2) is 0 Å². The Hall–Kier alpha value is -3.56. The molecular formula is C26H28F2N2O8S2. The number of esters is 1. The van der Waals surface area contributed by atoms with Gasteiger partial charge in [0, 0.05) is 24.3 Å². The second-order valence-electron chi connectivity index (χ2n) is 9.57. The topological polar surface area (TPSA) is 145 Å². The Labute approximate surface area is 231 Å². The van der Waals surface area contributed by atoms with Crippen LogP contribution >= 0.6 is 0 Å². The van der Waals surface area contributed by atoms with E-state index >= 15 is 0 Å². The number of nitrogens with zero attached hydrogens (tertiary/aromatic N) is 2. The molecule has 0 aliphatic carbocycles. The first kappa shape index (κ1) is 32.7. The third-order valence-corrected chi connectivity index (χ3v) is 5.69. The molecule has 0 radical (unpaired) electrons. The van der Waals surface area contributed by atoms with Crippen LogP contribution in [0, 0.1) is 13.8 Å². The molecule has 0 aliphatic heterocycles. The van der Waals surface area contributed by atoms with Crippen LogP contribution in [-0.2, 0) is 28.1 Å². The van der Waals surface area contributed by atoms with Gasteiger partial charge in [-0.1, -0.05) is 24.3 Å². The van der Waals surface area contributed by atoms with E-state index in [-0.39, 0.29) is 5.97 Å². The van der Waals surface area contributed by atoms with Gasteiger partial charge < -0.3 is 13.8 Å². The van der Waals surface area contributed by atoms with Crippen LogP contribution in [-0.4, -0.2) is 53.1 Å². The lowest BCUT2D eigenvalue weighted by molar-refractivity contribution is -0.617. The van der Waals surface area contributed by atoms with Gasteiger partial charge in [0.05, 0.1) is 37.5 Å². The third-order valence-electron chi connectivity index (χ3n) is 5.69. The van der Waals surface area contributed by atoms with Crippen molar-refractivity contribution in [2.75, 3.05) is 21.1 Å². The molecule has 0 spiro atoms. The lowest BCUT2D eigenvalue weighted by Gasteiger charge is -2.25. The SMILES string of the molecule is Cc1cc([N+](C)(C)C)cc(C)c1OC(=O)c1c2ccccc2[n+](C)c2ccccc12.O=S(=O)([O-])F.O=S(=O)([O-])F. The highest BCUT2D eigenvalue weighted by atomic mass is 32.3. The van der Waals surface area contributed by atoms with Crippen LogP contribution in [0.2, 0.25) is 0 Å². The lowest BCUT2D eigenvalue weighted by Crippen LogP contribution is -2.34. The predicted molar refractivity (Wildman–Crippen MR) is 145 cm³/mol. The summed E-state index contributed by atoms with van der Waals surface area (Å²) in [5, 5.41) is 1.78. The molecule has 4 rings (SSSR count). The van der Waals surface area contributed by atoms with Gasteiger partial charge in [-0.15, -0.1) is 7.77 Å². The molecule has 0 atom stereocenters. The van der Waals surface area contributed by atoms with Crippen molar-refractivity contribution in [3.63, 3.8) is 0 Å². The monoisotopic (exact) mass is 598 g/mol. The number of hydrogen-bond donors (Lipinski definition) is 0. The molecule has 0 N–H and O–H groups in total. The zero-order valence-corrected chi connectivity index (χ0v) is 24.1. The highest BCUT2D eigenvalue weighted by Crippen LogP contribution is 2.32. The number of fused-ring (bicyclic) bond motifs is 2. The molecule has 14 heteroatoms. The molecule has 0 aliphatic rings. The number of halogens is 2. The van der Waals surface area contributed by atoms with Crippen LogP contribution in [0.25, 0.3) is 21.8 Å². The van der Waals surface area contributed by atoms with E-state index in [1.807, 2.05) is 69.4 Å². The van der Waals surface area contributed by atoms with E-state index in [1.54, 1.807) is 0 Å². The lowest BCUT2D eigenvalue weighted by atomic mass is 10.0. The number of carbonyl (C=O) groups is 1. The molecule has 4 aromatic rings. The molecule has 0 saturated carbocycles. The van der Waals surface area contributed by atoms with Gasteiger partial charge in [-0.3, -0.25) is 4.48 Å². The number of pyridine rings is 1. The number of carbonyl (C=O) groups excluding carboxylic acids is 1. The van der Waals surface area contributed by atoms with Crippen molar-refractivity contribution >= 4 is 54.5 Å². The van der Waals surface area contributed by atoms with E-state index in [2.05, 4.69) is 37.8 Å². The van der Waals surface area contributed by atoms with E-state index in [4.69, 9.17) is 30.7 Å². The van der Waals surface area contributed by atoms with Crippen LogP contribution in [0.15, 0.2) is 60.7 Å². The van der Waals surface area contributed by atoms with E-state index < -0.39 is 21.0 Å². The molecule has 0 unspecified atom stereocenters. The molecule has 10 nitrogen and oxygen atoms in total. The van der Waals surface area contributed by atoms with Crippen molar-refractivity contribution in [3.05, 3.63) is 77.4 Å². The van der Waals surface area contributed by atoms with Gasteiger partial charge >= 0.3 is 5.97 Å². The molecule has 0 saturated heterocycles. The van der Waals surface area contributed by atoms with Crippen molar-refractivity contribution in [3.8, 4) is 5.75 Å². The first-order valence-electron chi connectivity index (χ1n) is 11.4. The second-order valence-corrected chi connectivity index (χ2v) is 11.1. The number of rotatable bonds is 3. The maximum absolute atomic E-state index is 13.5.